The van der Waals surface area contributed by atoms with E-state index in [1.54, 1.807) is 6.92 Å². The lowest BCUT2D eigenvalue weighted by Gasteiger charge is -2.27. The number of hydrogen-bond donors (Lipinski definition) is 1. The Morgan fingerprint density at radius 3 is 2.36 bits per heavy atom. The Labute approximate surface area is 88.5 Å². The van der Waals surface area contributed by atoms with Gasteiger partial charge in [0.05, 0.1) is 0 Å². The Balaban J connectivity index is 3.60. The van der Waals surface area contributed by atoms with Crippen molar-refractivity contribution in [1.82, 2.24) is 5.32 Å². The van der Waals surface area contributed by atoms with E-state index in [2.05, 4.69) is 33.0 Å². The number of carbonyl (C=O) groups is 1. The molecule has 1 N–H and O–H groups in total. The topological polar surface area (TPSA) is 29.1 Å². The van der Waals surface area contributed by atoms with Crippen molar-refractivity contribution in [3.63, 3.8) is 0 Å². The van der Waals surface area contributed by atoms with Crippen molar-refractivity contribution in [2.75, 3.05) is 13.1 Å². The molecule has 0 saturated carbocycles. The first-order chi connectivity index (χ1) is 6.33. The van der Waals surface area contributed by atoms with E-state index in [1.165, 1.54) is 6.42 Å². The van der Waals surface area contributed by atoms with Crippen LogP contribution >= 0.6 is 0 Å². The van der Waals surface area contributed by atoms with E-state index >= 15 is 0 Å². The highest BCUT2D eigenvalue weighted by atomic mass is 16.1. The quantitative estimate of drug-likeness (QED) is 0.639. The molecule has 0 spiro atoms. The molecule has 0 aromatic carbocycles. The standard InChI is InChI=1S/C12H25NO/c1-10(2)8-12(4,5)9-13-7-6-11(3)14/h10,13H,6-9H2,1-5H3. The average Bonchev–Trinajstić information content (AvgIpc) is 1.95. The maximum atomic E-state index is 10.7. The Hall–Kier alpha value is -0.370. The van der Waals surface area contributed by atoms with Gasteiger partial charge in [-0.3, -0.25) is 4.79 Å². The molecule has 0 rings (SSSR count). The van der Waals surface area contributed by atoms with Crippen LogP contribution in [-0.2, 0) is 4.79 Å². The van der Waals surface area contributed by atoms with Crippen LogP contribution in [0.5, 0.6) is 0 Å². The van der Waals surface area contributed by atoms with Crippen LogP contribution in [0.15, 0.2) is 0 Å². The Morgan fingerprint density at radius 1 is 1.36 bits per heavy atom. The smallest absolute Gasteiger partial charge is 0.131 e. The third kappa shape index (κ3) is 8.24. The summed E-state index contributed by atoms with van der Waals surface area (Å²) in [6, 6.07) is 0. The van der Waals surface area contributed by atoms with Gasteiger partial charge in [-0.2, -0.15) is 0 Å². The molecule has 0 aliphatic rings. The zero-order valence-corrected chi connectivity index (χ0v) is 10.3. The van der Waals surface area contributed by atoms with Gasteiger partial charge in [-0.1, -0.05) is 27.7 Å². The van der Waals surface area contributed by atoms with E-state index in [9.17, 15) is 4.79 Å². The summed E-state index contributed by atoms with van der Waals surface area (Å²) >= 11 is 0. The number of carbonyl (C=O) groups excluding carboxylic acids is 1. The van der Waals surface area contributed by atoms with Gasteiger partial charge >= 0.3 is 0 Å². The van der Waals surface area contributed by atoms with Crippen molar-refractivity contribution in [2.24, 2.45) is 11.3 Å². The fourth-order valence-electron chi connectivity index (χ4n) is 1.87. The monoisotopic (exact) mass is 199 g/mol. The zero-order valence-electron chi connectivity index (χ0n) is 10.3. The van der Waals surface area contributed by atoms with Crippen molar-refractivity contribution in [2.45, 2.75) is 47.5 Å². The lowest BCUT2D eigenvalue weighted by molar-refractivity contribution is -0.116. The third-order valence-corrected chi connectivity index (χ3v) is 2.22. The summed E-state index contributed by atoms with van der Waals surface area (Å²) in [5.74, 6) is 0.999. The first-order valence-electron chi connectivity index (χ1n) is 5.53. The molecule has 2 heteroatoms. The fraction of sp³-hybridized carbons (Fsp3) is 0.917. The normalized spacial score (nSPS) is 12.1. The van der Waals surface area contributed by atoms with E-state index < -0.39 is 0 Å². The predicted molar refractivity (Wildman–Crippen MR) is 61.4 cm³/mol. The fourth-order valence-corrected chi connectivity index (χ4v) is 1.87. The van der Waals surface area contributed by atoms with Gasteiger partial charge in [0.1, 0.15) is 5.78 Å². The molecule has 0 heterocycles. The number of ketones is 1. The van der Waals surface area contributed by atoms with Crippen molar-refractivity contribution in [3.05, 3.63) is 0 Å². The van der Waals surface area contributed by atoms with Crippen LogP contribution in [0.3, 0.4) is 0 Å². The number of Topliss-reactive ketones (excluding diaryl/α,β-unsaturated/α-hetero) is 1. The molecular formula is C12H25NO. The van der Waals surface area contributed by atoms with Crippen molar-refractivity contribution >= 4 is 5.78 Å². The minimum atomic E-state index is 0.263. The van der Waals surface area contributed by atoms with E-state index in [4.69, 9.17) is 0 Å². The van der Waals surface area contributed by atoms with Gasteiger partial charge in [0, 0.05) is 19.5 Å². The highest BCUT2D eigenvalue weighted by Gasteiger charge is 2.18. The van der Waals surface area contributed by atoms with Crippen LogP contribution in [0.4, 0.5) is 0 Å². The largest absolute Gasteiger partial charge is 0.316 e. The summed E-state index contributed by atoms with van der Waals surface area (Å²) in [6.07, 6.45) is 1.87. The molecular weight excluding hydrogens is 174 g/mol. The minimum absolute atomic E-state index is 0.263. The van der Waals surface area contributed by atoms with E-state index in [1.807, 2.05) is 0 Å². The molecule has 0 saturated heterocycles. The van der Waals surface area contributed by atoms with Crippen LogP contribution in [0.2, 0.25) is 0 Å². The van der Waals surface area contributed by atoms with Crippen LogP contribution in [0.1, 0.15) is 47.5 Å². The highest BCUT2D eigenvalue weighted by molar-refractivity contribution is 5.75. The molecule has 0 aliphatic heterocycles. The van der Waals surface area contributed by atoms with Crippen LogP contribution in [0, 0.1) is 11.3 Å². The number of nitrogens with one attached hydrogen (secondary N) is 1. The van der Waals surface area contributed by atoms with E-state index in [0.29, 0.717) is 11.8 Å². The minimum Gasteiger partial charge on any atom is -0.316 e. The second-order valence-corrected chi connectivity index (χ2v) is 5.39. The van der Waals surface area contributed by atoms with Crippen LogP contribution in [-0.4, -0.2) is 18.9 Å². The molecule has 14 heavy (non-hydrogen) atoms. The molecule has 0 fully saturated rings. The molecule has 2 nitrogen and oxygen atoms in total. The van der Waals surface area contributed by atoms with E-state index in [-0.39, 0.29) is 5.78 Å². The van der Waals surface area contributed by atoms with Gasteiger partial charge in [-0.25, -0.2) is 0 Å². The van der Waals surface area contributed by atoms with E-state index in [0.717, 1.165) is 19.0 Å². The molecule has 0 amide bonds. The molecule has 0 aliphatic carbocycles. The van der Waals surface area contributed by atoms with Gasteiger partial charge < -0.3 is 5.32 Å². The molecule has 0 radical (unpaired) electrons. The Morgan fingerprint density at radius 2 is 1.93 bits per heavy atom. The predicted octanol–water partition coefficient (Wildman–Crippen LogP) is 2.63. The summed E-state index contributed by atoms with van der Waals surface area (Å²) in [5, 5.41) is 3.34. The average molecular weight is 199 g/mol. The number of hydrogen-bond acceptors (Lipinski definition) is 2. The second kappa shape index (κ2) is 6.18. The van der Waals surface area contributed by atoms with Crippen molar-refractivity contribution in [3.8, 4) is 0 Å². The molecule has 84 valence electrons. The van der Waals surface area contributed by atoms with Gasteiger partial charge in [0.25, 0.3) is 0 Å². The summed E-state index contributed by atoms with van der Waals surface area (Å²) < 4.78 is 0. The van der Waals surface area contributed by atoms with Crippen LogP contribution < -0.4 is 5.32 Å². The summed E-state index contributed by atoms with van der Waals surface area (Å²) in [6.45, 7) is 12.5. The second-order valence-electron chi connectivity index (χ2n) is 5.39. The SMILES string of the molecule is CC(=O)CCNCC(C)(C)CC(C)C. The lowest BCUT2D eigenvalue weighted by Crippen LogP contribution is -2.31. The lowest BCUT2D eigenvalue weighted by atomic mass is 9.84. The Kier molecular flexibility index (Phi) is 6.01. The van der Waals surface area contributed by atoms with Crippen molar-refractivity contribution < 1.29 is 4.79 Å². The van der Waals surface area contributed by atoms with Gasteiger partial charge in [0.15, 0.2) is 0 Å². The summed E-state index contributed by atoms with van der Waals surface area (Å²) in [4.78, 5) is 10.7. The van der Waals surface area contributed by atoms with Crippen LogP contribution in [0.25, 0.3) is 0 Å². The van der Waals surface area contributed by atoms with Gasteiger partial charge in [-0.15, -0.1) is 0 Å². The first-order valence-corrected chi connectivity index (χ1v) is 5.53. The summed E-state index contributed by atoms with van der Waals surface area (Å²) in [7, 11) is 0. The zero-order chi connectivity index (χ0) is 11.2. The molecule has 0 aromatic heterocycles. The maximum absolute atomic E-state index is 10.7. The molecule has 0 atom stereocenters. The maximum Gasteiger partial charge on any atom is 0.131 e. The van der Waals surface area contributed by atoms with Crippen molar-refractivity contribution in [1.29, 1.82) is 0 Å². The Bertz CT molecular complexity index is 173. The number of rotatable bonds is 7. The first kappa shape index (κ1) is 13.6. The van der Waals surface area contributed by atoms with Gasteiger partial charge in [0.2, 0.25) is 0 Å². The molecule has 0 aromatic rings. The summed E-state index contributed by atoms with van der Waals surface area (Å²) in [5.41, 5.74) is 0.338. The highest BCUT2D eigenvalue weighted by Crippen LogP contribution is 2.23. The molecule has 0 bridgehead atoms. The third-order valence-electron chi connectivity index (χ3n) is 2.22. The molecule has 0 unspecified atom stereocenters. The van der Waals surface area contributed by atoms with Gasteiger partial charge in [-0.05, 0) is 24.7 Å².